The first kappa shape index (κ1) is 138. The normalized spacial score (nSPS) is 15.6. The molecule has 1 aliphatic rings. The summed E-state index contributed by atoms with van der Waals surface area (Å²) in [5.74, 6) is -18.3. The Hall–Kier alpha value is -11.2. The average Bonchev–Trinajstić information content (AvgIpc) is 1.71. The predicted molar refractivity (Wildman–Crippen MR) is 575 cm³/mol. The first-order valence-electron chi connectivity index (χ1n) is 54.0. The molecule has 13 amide bonds. The standard InChI is InChI=1S/C65H120N14O11.C39H71N11O9/c1-12-14-15-16-17-18-19-20-21-22-23-24-25-32-55(84)73-46(11)58(85)78-57(43(8)13-2)62(89)77-56(41(5)6)61(88)76-49(30-27-34-72-65(69)70)63(90)79-35-28-31-50(79)53(82)39-48(40(3)4)60(87)75-45(10)52(81)37-47(38-54(66)83)59(86)74-44(9)51(80)36-42(7)29-26-33-71-64(67)68;1-21(2)14-28(48-24(7)52)30(53)16-25(10-8-12-45-38(41)42)36(58)49-29(15-22(3)4)31(54)17-26(11-9-13-46-39(43)44)37(59)50-34(23(5)6)32(55)18-27(20-51)35(57)47-19-33(40)56/h40-50,56-57,64,71H,12-39,67-68H2,1-11H3,(H2,66,83)(H,73,84)(H,74,86)(H,75,87)(H,76,88)(H,77,89)(H,78,85)(H4,69,70,72);21-23,25-29,34,51H,8-20H2,1-7H3,(H2,40,56)(H,47,57)(H,48,52)(H,49,58)(H,50,59)(H4,41,42,45)(H4,43,44,46)/t42-,43+,44+,45+,46+,47+,48+,49+,50+,56+,57+;25-,26-,27+,28+,29+,34+/m11/s1. The van der Waals surface area contributed by atoms with Gasteiger partial charge in [0.1, 0.15) is 30.5 Å². The number of carbonyl (C=O) groups excluding carboxylic acids is 19. The number of aliphatic hydroxyl groups is 1. The van der Waals surface area contributed by atoms with Crippen LogP contribution >= 0.6 is 0 Å². The number of guanidine groups is 3. The molecule has 45 nitrogen and oxygen atoms in total. The Kier molecular flexibility index (Phi) is 70.6. The molecule has 0 saturated carbocycles. The highest BCUT2D eigenvalue weighted by Gasteiger charge is 2.43. The second-order valence-electron chi connectivity index (χ2n) is 42.2. The molecule has 17 atom stereocenters. The molecule has 852 valence electrons. The van der Waals surface area contributed by atoms with Crippen molar-refractivity contribution in [2.24, 2.45) is 143 Å². The fourth-order valence-corrected chi connectivity index (χ4v) is 17.4. The minimum atomic E-state index is -1.24. The van der Waals surface area contributed by atoms with Crippen molar-refractivity contribution in [3.63, 3.8) is 0 Å². The lowest BCUT2D eigenvalue weighted by molar-refractivity contribution is -0.142. The van der Waals surface area contributed by atoms with E-state index in [1.807, 2.05) is 41.5 Å². The summed E-state index contributed by atoms with van der Waals surface area (Å²) in [5, 5.41) is 39.7. The van der Waals surface area contributed by atoms with Crippen molar-refractivity contribution in [1.82, 2.24) is 63.4 Å². The molecule has 0 aromatic heterocycles. The van der Waals surface area contributed by atoms with Crippen molar-refractivity contribution in [2.75, 3.05) is 45.9 Å². The Balaban J connectivity index is 0.00000321. The maximum atomic E-state index is 14.7. The van der Waals surface area contributed by atoms with Crippen LogP contribution in [-0.2, 0) is 91.1 Å². The third kappa shape index (κ3) is 60.4. The van der Waals surface area contributed by atoms with Crippen LogP contribution in [0.2, 0.25) is 0 Å². The number of unbranched alkanes of at least 4 members (excludes halogenated alkanes) is 12. The van der Waals surface area contributed by atoms with E-state index in [4.69, 9.17) is 57.3 Å². The number of Topliss-reactive ketones (excluding diaryl/α,β-unsaturated/α-hetero) is 6. The Labute approximate surface area is 883 Å². The smallest absolute Gasteiger partial charge is 0.245 e. The van der Waals surface area contributed by atoms with E-state index >= 15 is 0 Å². The molecule has 0 radical (unpaired) electrons. The summed E-state index contributed by atoms with van der Waals surface area (Å²) in [6.07, 6.45) is 17.2. The number of aliphatic imine (C=N–C) groups is 3. The largest absolute Gasteiger partial charge is 0.396 e. The highest BCUT2D eigenvalue weighted by atomic mass is 16.3. The van der Waals surface area contributed by atoms with Crippen molar-refractivity contribution in [3.8, 4) is 0 Å². The van der Waals surface area contributed by atoms with Crippen LogP contribution in [0.1, 0.15) is 343 Å². The third-order valence-corrected chi connectivity index (χ3v) is 26.4. The Morgan fingerprint density at radius 2 is 0.819 bits per heavy atom. The molecule has 1 fully saturated rings. The first-order valence-corrected chi connectivity index (χ1v) is 54.0. The van der Waals surface area contributed by atoms with Crippen LogP contribution in [0.25, 0.3) is 0 Å². The Bertz CT molecular complexity index is 4270. The zero-order valence-electron chi connectivity index (χ0n) is 92.5. The number of rotatable bonds is 81. The number of ketones is 6. The Morgan fingerprint density at radius 3 is 1.28 bits per heavy atom. The van der Waals surface area contributed by atoms with Gasteiger partial charge in [0.25, 0.3) is 0 Å². The van der Waals surface area contributed by atoms with Gasteiger partial charge >= 0.3 is 0 Å². The number of amides is 13. The molecule has 1 rings (SSSR count). The summed E-state index contributed by atoms with van der Waals surface area (Å²) in [5.41, 5.74) is 54.7. The fourth-order valence-electron chi connectivity index (χ4n) is 17.4. The number of nitrogens with one attached hydrogen (secondary N) is 11. The van der Waals surface area contributed by atoms with Crippen LogP contribution < -0.4 is 116 Å². The van der Waals surface area contributed by atoms with E-state index in [0.29, 0.717) is 45.1 Å². The second kappa shape index (κ2) is 76.3. The summed E-state index contributed by atoms with van der Waals surface area (Å²) in [7, 11) is 0. The molecule has 0 unspecified atom stereocenters. The monoisotopic (exact) mass is 2110 g/mol. The average molecular weight is 2110 g/mol. The Morgan fingerprint density at radius 1 is 0.383 bits per heavy atom. The van der Waals surface area contributed by atoms with Gasteiger partial charge in [-0.05, 0) is 152 Å². The van der Waals surface area contributed by atoms with Gasteiger partial charge in [-0.15, -0.1) is 0 Å². The lowest BCUT2D eigenvalue weighted by Crippen LogP contribution is -2.60. The molecular formula is C104H191N25O20. The zero-order valence-corrected chi connectivity index (χ0v) is 92.5. The number of hydrogen-bond donors (Lipinski definition) is 22. The first-order chi connectivity index (χ1) is 69.9. The van der Waals surface area contributed by atoms with Crippen LogP contribution in [0, 0.1) is 71.0 Å². The number of primary amides is 2. The number of nitrogens with zero attached hydrogens (tertiary/aromatic N) is 4. The molecule has 1 aliphatic heterocycles. The zero-order chi connectivity index (χ0) is 113. The van der Waals surface area contributed by atoms with Crippen molar-refractivity contribution < 1.29 is 96.2 Å². The summed E-state index contributed by atoms with van der Waals surface area (Å²) in [6.45, 7) is 31.4. The van der Waals surface area contributed by atoms with Gasteiger partial charge < -0.3 is 121 Å². The molecule has 0 aromatic carbocycles. The van der Waals surface area contributed by atoms with Crippen molar-refractivity contribution >= 4 is 129 Å². The van der Waals surface area contributed by atoms with Gasteiger partial charge in [-0.3, -0.25) is 111 Å². The quantitative estimate of drug-likeness (QED) is 0.0180. The van der Waals surface area contributed by atoms with Gasteiger partial charge in [0.15, 0.2) is 52.6 Å². The van der Waals surface area contributed by atoms with Gasteiger partial charge in [0.2, 0.25) is 76.8 Å². The number of nitrogens with two attached hydrogens (primary N) is 10. The lowest BCUT2D eigenvalue weighted by atomic mass is 9.87. The van der Waals surface area contributed by atoms with Gasteiger partial charge in [0.05, 0.1) is 61.2 Å². The molecule has 45 heteroatoms. The van der Waals surface area contributed by atoms with Gasteiger partial charge in [-0.1, -0.05) is 180 Å². The van der Waals surface area contributed by atoms with Crippen molar-refractivity contribution in [3.05, 3.63) is 0 Å². The minimum Gasteiger partial charge on any atom is -0.396 e. The highest BCUT2D eigenvalue weighted by molar-refractivity contribution is 6.01. The molecule has 0 aliphatic carbocycles. The molecule has 0 bridgehead atoms. The number of carbonyl (C=O) groups is 19. The summed E-state index contributed by atoms with van der Waals surface area (Å²) >= 11 is 0. The molecule has 0 aromatic rings. The van der Waals surface area contributed by atoms with E-state index in [-0.39, 0.29) is 168 Å². The molecule has 1 saturated heterocycles. The molecule has 1 heterocycles. The SMILES string of the molecule is CC(=O)N[C@@H](CC(C)C)C(=O)C[C@@H](CCCN=C(N)N)C(=O)N[C@@H](CC(C)C)C(=O)C[C@@H](CCCN=C(N)N)C(=O)N[C@H](C(=O)C[C@@H](CO)C(=O)NCC(N)=O)C(C)C.CCCCCCCCCCCCCCCC(=O)N[C@@H](C)C(=O)N[C@H](C(=O)N[C@H](C(=O)N[C@@H](CCCN=C(N)N)C(=O)N1CCC[C@H]1C(=O)C[C@H](C(=O)N[C@@H](C)C(=O)C[C@@H](CC(N)=O)C(=O)N[C@@H](C)C(=O)C[C@H](C)CCCNC(N)N)C(C)C)C(C)C)[C@@H](C)CC. The maximum absolute atomic E-state index is 14.7. The molecule has 0 spiro atoms. The van der Waals surface area contributed by atoms with Gasteiger partial charge in [0, 0.05) is 102 Å². The third-order valence-electron chi connectivity index (χ3n) is 26.4. The van der Waals surface area contributed by atoms with Gasteiger partial charge in [-0.25, -0.2) is 0 Å². The van der Waals surface area contributed by atoms with Crippen LogP contribution in [0.5, 0.6) is 0 Å². The number of likely N-dealkylation sites (tertiary alicyclic amines) is 1. The van der Waals surface area contributed by atoms with Crippen LogP contribution in [0.4, 0.5) is 0 Å². The van der Waals surface area contributed by atoms with E-state index in [9.17, 15) is 96.2 Å². The maximum Gasteiger partial charge on any atom is 0.245 e. The summed E-state index contributed by atoms with van der Waals surface area (Å²) in [4.78, 5) is 268. The second-order valence-corrected chi connectivity index (χ2v) is 42.2. The van der Waals surface area contributed by atoms with Crippen molar-refractivity contribution in [2.45, 2.75) is 410 Å². The topological polar surface area (TPSA) is 777 Å². The fraction of sp³-hybridized carbons (Fsp3) is 0.788. The van der Waals surface area contributed by atoms with Crippen LogP contribution in [-0.4, -0.2) is 252 Å². The van der Waals surface area contributed by atoms with E-state index in [0.717, 1.165) is 25.7 Å². The van der Waals surface area contributed by atoms with Crippen LogP contribution in [0.3, 0.4) is 0 Å². The highest BCUT2D eigenvalue weighted by Crippen LogP contribution is 2.29. The van der Waals surface area contributed by atoms with Crippen LogP contribution in [0.15, 0.2) is 15.0 Å². The van der Waals surface area contributed by atoms with E-state index in [1.54, 1.807) is 55.4 Å². The number of aliphatic hydroxyl groups excluding tert-OH is 1. The van der Waals surface area contributed by atoms with E-state index in [2.05, 4.69) is 80.4 Å². The van der Waals surface area contributed by atoms with E-state index < -0.39 is 235 Å². The molecule has 32 N–H and O–H groups in total. The summed E-state index contributed by atoms with van der Waals surface area (Å²) in [6, 6.07) is -10.5. The summed E-state index contributed by atoms with van der Waals surface area (Å²) < 4.78 is 0. The lowest BCUT2D eigenvalue weighted by Gasteiger charge is -2.32. The number of hydrogen-bond acceptors (Lipinski definition) is 26. The predicted octanol–water partition coefficient (Wildman–Crippen LogP) is 2.67. The van der Waals surface area contributed by atoms with Crippen molar-refractivity contribution in [1.29, 1.82) is 0 Å². The minimum absolute atomic E-state index is 0.0109. The van der Waals surface area contributed by atoms with E-state index in [1.165, 1.54) is 83.5 Å². The molecular weight excluding hydrogens is 1920 g/mol. The van der Waals surface area contributed by atoms with Gasteiger partial charge in [-0.2, -0.15) is 0 Å². The molecule has 149 heavy (non-hydrogen) atoms.